The lowest BCUT2D eigenvalue weighted by atomic mass is 10.1. The minimum Gasteiger partial charge on any atom is -0.508 e. The standard InChI is InChI=1S/C11H15NOSi.C10H16OSi.C9H10O/c1-14-8-2-3-10-4-6-11(7-5-10)12-9-13;1-12-8-2-3-9-4-6-10(11)7-5-9;1-2-3-8-4-6-9(10)7-5-8/h4-7H,2-3,8,14H2,1H3;4-7,11H,2-3,8,12H2,1H3;2,4-7,10H,1,3H2. The molecule has 0 heterocycles. The highest BCUT2D eigenvalue weighted by molar-refractivity contribution is 6.33. The highest BCUT2D eigenvalue weighted by atomic mass is 28.2. The third-order valence-corrected chi connectivity index (χ3v) is 7.92. The van der Waals surface area contributed by atoms with E-state index >= 15 is 0 Å². The summed E-state index contributed by atoms with van der Waals surface area (Å²) < 4.78 is 0. The SMILES string of the molecule is C=CCc1ccc(O)cc1.C[SiH2]CCCc1ccc(N=C=O)cc1.C[SiH2]CCCc1ccc(O)cc1. The highest BCUT2D eigenvalue weighted by Crippen LogP contribution is 2.14. The van der Waals surface area contributed by atoms with E-state index in [1.54, 1.807) is 24.3 Å². The fraction of sp³-hybridized carbons (Fsp3) is 0.300. The number of phenols is 2. The number of rotatable bonds is 11. The molecule has 4 nitrogen and oxygen atoms in total. The first kappa shape index (κ1) is 30.8. The summed E-state index contributed by atoms with van der Waals surface area (Å²) in [5, 5.41) is 17.9. The smallest absolute Gasteiger partial charge is 0.240 e. The van der Waals surface area contributed by atoms with Gasteiger partial charge in [0.05, 0.1) is 5.69 Å². The Kier molecular flexibility index (Phi) is 17.2. The second-order valence-corrected chi connectivity index (χ2v) is 12.0. The van der Waals surface area contributed by atoms with Crippen LogP contribution < -0.4 is 0 Å². The number of allylic oxidation sites excluding steroid dienone is 1. The molecular formula is C30H41NO3Si2. The average Bonchev–Trinajstić information content (AvgIpc) is 2.89. The zero-order chi connectivity index (χ0) is 26.4. The molecule has 0 bridgehead atoms. The Bertz CT molecular complexity index is 1010. The molecule has 3 rings (SSSR count). The second-order valence-electron chi connectivity index (χ2n) is 8.61. The number of hydrogen-bond donors (Lipinski definition) is 2. The molecule has 0 fully saturated rings. The number of nitrogens with zero attached hydrogens (tertiary/aromatic N) is 1. The molecule has 6 heteroatoms. The average molecular weight is 520 g/mol. The minimum absolute atomic E-state index is 0.212. The van der Waals surface area contributed by atoms with Crippen LogP contribution in [0.2, 0.25) is 25.2 Å². The maximum atomic E-state index is 9.98. The Morgan fingerprint density at radius 2 is 1.17 bits per heavy atom. The quantitative estimate of drug-likeness (QED) is 0.103. The van der Waals surface area contributed by atoms with Crippen molar-refractivity contribution in [1.29, 1.82) is 0 Å². The van der Waals surface area contributed by atoms with Crippen molar-refractivity contribution in [2.24, 2.45) is 4.99 Å². The van der Waals surface area contributed by atoms with Crippen LogP contribution in [0.3, 0.4) is 0 Å². The van der Waals surface area contributed by atoms with E-state index in [-0.39, 0.29) is 19.0 Å². The van der Waals surface area contributed by atoms with Crippen LogP contribution in [-0.4, -0.2) is 35.3 Å². The van der Waals surface area contributed by atoms with E-state index in [9.17, 15) is 4.79 Å². The number of benzene rings is 3. The van der Waals surface area contributed by atoms with Crippen molar-refractivity contribution in [1.82, 2.24) is 0 Å². The van der Waals surface area contributed by atoms with Crippen molar-refractivity contribution in [2.75, 3.05) is 0 Å². The normalized spacial score (nSPS) is 10.3. The first-order chi connectivity index (χ1) is 17.5. The van der Waals surface area contributed by atoms with E-state index in [4.69, 9.17) is 10.2 Å². The van der Waals surface area contributed by atoms with E-state index in [2.05, 4.69) is 24.7 Å². The van der Waals surface area contributed by atoms with Crippen molar-refractivity contribution in [3.8, 4) is 11.5 Å². The van der Waals surface area contributed by atoms with Crippen LogP contribution >= 0.6 is 0 Å². The lowest BCUT2D eigenvalue weighted by Crippen LogP contribution is -1.87. The van der Waals surface area contributed by atoms with Crippen LogP contribution in [0.5, 0.6) is 11.5 Å². The molecule has 3 aromatic rings. The number of isocyanates is 1. The summed E-state index contributed by atoms with van der Waals surface area (Å²) in [6.45, 7) is 8.30. The van der Waals surface area contributed by atoms with E-state index in [0.29, 0.717) is 17.2 Å². The summed E-state index contributed by atoms with van der Waals surface area (Å²) in [6.07, 6.45) is 9.15. The van der Waals surface area contributed by atoms with Gasteiger partial charge in [-0.05, 0) is 72.4 Å². The number of phenolic OH excluding ortho intramolecular Hbond substituents is 2. The Morgan fingerprint density at radius 3 is 1.56 bits per heavy atom. The molecule has 0 amide bonds. The van der Waals surface area contributed by atoms with Crippen LogP contribution in [0.4, 0.5) is 5.69 Å². The van der Waals surface area contributed by atoms with Crippen LogP contribution in [0.25, 0.3) is 0 Å². The van der Waals surface area contributed by atoms with Crippen molar-refractivity contribution in [2.45, 2.75) is 57.3 Å². The highest BCUT2D eigenvalue weighted by Gasteiger charge is 1.94. The summed E-state index contributed by atoms with van der Waals surface area (Å²) >= 11 is 0. The van der Waals surface area contributed by atoms with Crippen molar-refractivity contribution >= 4 is 30.8 Å². The topological polar surface area (TPSA) is 69.9 Å². The first-order valence-electron chi connectivity index (χ1n) is 12.9. The van der Waals surface area contributed by atoms with E-state index in [1.165, 1.54) is 54.1 Å². The zero-order valence-electron chi connectivity index (χ0n) is 21.8. The van der Waals surface area contributed by atoms with Gasteiger partial charge in [0.2, 0.25) is 6.08 Å². The molecular weight excluding hydrogens is 479 g/mol. The maximum Gasteiger partial charge on any atom is 0.240 e. The molecule has 3 aromatic carbocycles. The molecule has 0 aliphatic rings. The van der Waals surface area contributed by atoms with Gasteiger partial charge < -0.3 is 10.2 Å². The Hall–Kier alpha value is -3.19. The molecule has 36 heavy (non-hydrogen) atoms. The molecule has 0 unspecified atom stereocenters. The van der Waals surface area contributed by atoms with Gasteiger partial charge in [-0.25, -0.2) is 4.79 Å². The molecule has 192 valence electrons. The van der Waals surface area contributed by atoms with Crippen molar-refractivity contribution in [3.63, 3.8) is 0 Å². The molecule has 0 aromatic heterocycles. The van der Waals surface area contributed by atoms with Gasteiger partial charge >= 0.3 is 0 Å². The van der Waals surface area contributed by atoms with Gasteiger partial charge in [-0.2, -0.15) is 4.99 Å². The first-order valence-corrected chi connectivity index (χ1v) is 17.7. The van der Waals surface area contributed by atoms with Crippen LogP contribution in [0, 0.1) is 0 Å². The Morgan fingerprint density at radius 1 is 0.750 bits per heavy atom. The molecule has 0 radical (unpaired) electrons. The van der Waals surface area contributed by atoms with Crippen LogP contribution in [0.15, 0.2) is 90.4 Å². The minimum atomic E-state index is 0.212. The fourth-order valence-electron chi connectivity index (χ4n) is 3.41. The lowest BCUT2D eigenvalue weighted by molar-refractivity contribution is 0.474. The monoisotopic (exact) mass is 519 g/mol. The number of carbonyl (C=O) groups excluding carboxylic acids is 1. The second kappa shape index (κ2) is 20.1. The van der Waals surface area contributed by atoms with Crippen molar-refractivity contribution in [3.05, 3.63) is 102 Å². The van der Waals surface area contributed by atoms with Crippen molar-refractivity contribution < 1.29 is 15.0 Å². The van der Waals surface area contributed by atoms with Gasteiger partial charge in [-0.1, -0.05) is 80.5 Å². The molecule has 0 atom stereocenters. The summed E-state index contributed by atoms with van der Waals surface area (Å²) in [7, 11) is 0.453. The number of hydrogen-bond acceptors (Lipinski definition) is 4. The van der Waals surface area contributed by atoms with E-state index in [1.807, 2.05) is 54.6 Å². The maximum absolute atomic E-state index is 9.98. The number of aliphatic imine (C=N–C) groups is 1. The van der Waals surface area contributed by atoms with Gasteiger partial charge in [0.15, 0.2) is 0 Å². The van der Waals surface area contributed by atoms with E-state index < -0.39 is 0 Å². The van der Waals surface area contributed by atoms with Gasteiger partial charge in [0.25, 0.3) is 0 Å². The largest absolute Gasteiger partial charge is 0.508 e. The molecule has 0 saturated carbocycles. The third kappa shape index (κ3) is 14.9. The van der Waals surface area contributed by atoms with Crippen LogP contribution in [-0.2, 0) is 24.1 Å². The van der Waals surface area contributed by atoms with Gasteiger partial charge in [0.1, 0.15) is 11.5 Å². The molecule has 0 saturated heterocycles. The summed E-state index contributed by atoms with van der Waals surface area (Å²) in [5.74, 6) is 0.677. The molecule has 0 spiro atoms. The summed E-state index contributed by atoms with van der Waals surface area (Å²) in [4.78, 5) is 13.5. The number of aryl methyl sites for hydroxylation is 2. The predicted octanol–water partition coefficient (Wildman–Crippen LogP) is 6.30. The summed E-state index contributed by atoms with van der Waals surface area (Å²) in [5.41, 5.74) is 4.54. The Balaban J connectivity index is 0.000000274. The number of aromatic hydroxyl groups is 2. The third-order valence-electron chi connectivity index (χ3n) is 5.50. The molecule has 0 aliphatic carbocycles. The van der Waals surface area contributed by atoms with Gasteiger partial charge in [0, 0.05) is 19.0 Å². The predicted molar refractivity (Wildman–Crippen MR) is 159 cm³/mol. The van der Waals surface area contributed by atoms with Gasteiger partial charge in [-0.3, -0.25) is 0 Å². The zero-order valence-corrected chi connectivity index (χ0v) is 24.7. The Labute approximate surface area is 221 Å². The van der Waals surface area contributed by atoms with Gasteiger partial charge in [-0.15, -0.1) is 6.58 Å². The summed E-state index contributed by atoms with van der Waals surface area (Å²) in [6, 6.07) is 25.3. The molecule has 2 N–H and O–H groups in total. The lowest BCUT2D eigenvalue weighted by Gasteiger charge is -1.99. The fourth-order valence-corrected chi connectivity index (χ4v) is 4.91. The van der Waals surface area contributed by atoms with E-state index in [0.717, 1.165) is 12.8 Å². The van der Waals surface area contributed by atoms with Crippen LogP contribution in [0.1, 0.15) is 29.5 Å². The molecule has 0 aliphatic heterocycles.